The van der Waals surface area contributed by atoms with Crippen molar-refractivity contribution >= 4 is 34.7 Å². The highest BCUT2D eigenvalue weighted by Gasteiger charge is 2.15. The molecule has 2 aromatic carbocycles. The average molecular weight is 283 g/mol. The molecule has 5 heteroatoms. The van der Waals surface area contributed by atoms with Gasteiger partial charge in [0.1, 0.15) is 5.02 Å². The zero-order chi connectivity index (χ0) is 13.3. The molecule has 0 fully saturated rings. The number of rotatable bonds is 2. The molecule has 0 heterocycles. The summed E-state index contributed by atoms with van der Waals surface area (Å²) in [6, 6.07) is 9.15. The minimum atomic E-state index is -0.567. The molecule has 4 N–H and O–H groups in total. The van der Waals surface area contributed by atoms with Crippen LogP contribution in [0.2, 0.25) is 5.02 Å². The van der Waals surface area contributed by atoms with Gasteiger partial charge < -0.3 is 11.5 Å². The van der Waals surface area contributed by atoms with Gasteiger partial charge in [-0.05, 0) is 24.6 Å². The Labute approximate surface area is 114 Å². The van der Waals surface area contributed by atoms with Gasteiger partial charge in [-0.15, -0.1) is 0 Å². The normalized spacial score (nSPS) is 10.6. The Balaban J connectivity index is 2.47. The molecule has 0 spiro atoms. The molecule has 0 aliphatic rings. The summed E-state index contributed by atoms with van der Waals surface area (Å²) in [5, 5.41) is -0.0831. The van der Waals surface area contributed by atoms with Gasteiger partial charge in [0.2, 0.25) is 0 Å². The lowest BCUT2D eigenvalue weighted by Crippen LogP contribution is -1.98. The first-order valence-electron chi connectivity index (χ1n) is 5.27. The van der Waals surface area contributed by atoms with E-state index in [4.69, 9.17) is 23.1 Å². The second kappa shape index (κ2) is 5.08. The van der Waals surface area contributed by atoms with Crippen LogP contribution in [-0.4, -0.2) is 0 Å². The lowest BCUT2D eigenvalue weighted by Gasteiger charge is -2.11. The maximum atomic E-state index is 14.0. The van der Waals surface area contributed by atoms with Crippen molar-refractivity contribution in [3.05, 3.63) is 46.7 Å². The first-order chi connectivity index (χ1) is 8.50. The summed E-state index contributed by atoms with van der Waals surface area (Å²) in [4.78, 5) is 1.24. The Hall–Kier alpha value is -1.39. The van der Waals surface area contributed by atoms with E-state index in [1.54, 1.807) is 0 Å². The Bertz CT molecular complexity index is 602. The van der Waals surface area contributed by atoms with Gasteiger partial charge >= 0.3 is 0 Å². The second-order valence-corrected chi connectivity index (χ2v) is 5.31. The highest BCUT2D eigenvalue weighted by atomic mass is 35.5. The maximum Gasteiger partial charge on any atom is 0.159 e. The molecule has 0 aromatic heterocycles. The van der Waals surface area contributed by atoms with Crippen molar-refractivity contribution in [3.8, 4) is 0 Å². The van der Waals surface area contributed by atoms with Crippen molar-refractivity contribution in [2.45, 2.75) is 16.7 Å². The molecule has 0 amide bonds. The number of aryl methyl sites for hydroxylation is 1. The van der Waals surface area contributed by atoms with E-state index in [1.165, 1.54) is 17.8 Å². The molecule has 18 heavy (non-hydrogen) atoms. The Morgan fingerprint density at radius 1 is 1.17 bits per heavy atom. The van der Waals surface area contributed by atoms with Crippen LogP contribution in [0, 0.1) is 12.7 Å². The molecule has 0 saturated carbocycles. The van der Waals surface area contributed by atoms with E-state index in [1.807, 2.05) is 31.2 Å². The van der Waals surface area contributed by atoms with Crippen LogP contribution < -0.4 is 11.5 Å². The van der Waals surface area contributed by atoms with E-state index in [0.29, 0.717) is 10.6 Å². The Morgan fingerprint density at radius 3 is 2.50 bits per heavy atom. The average Bonchev–Trinajstić information content (AvgIpc) is 2.34. The van der Waals surface area contributed by atoms with E-state index in [-0.39, 0.29) is 10.7 Å². The minimum absolute atomic E-state index is 0.0831. The van der Waals surface area contributed by atoms with Crippen LogP contribution >= 0.6 is 23.4 Å². The molecule has 0 atom stereocenters. The van der Waals surface area contributed by atoms with Crippen LogP contribution in [-0.2, 0) is 0 Å². The van der Waals surface area contributed by atoms with Gasteiger partial charge in [0.25, 0.3) is 0 Å². The molecule has 0 saturated heterocycles. The number of anilines is 2. The third-order valence-corrected chi connectivity index (χ3v) is 4.21. The summed E-state index contributed by atoms with van der Waals surface area (Å²) in [5.74, 6) is -0.567. The number of nitrogens with two attached hydrogens (primary N) is 2. The second-order valence-electron chi connectivity index (χ2n) is 3.88. The molecule has 0 unspecified atom stereocenters. The highest BCUT2D eigenvalue weighted by Crippen LogP contribution is 2.40. The number of halogens is 2. The van der Waals surface area contributed by atoms with E-state index in [0.717, 1.165) is 10.5 Å². The van der Waals surface area contributed by atoms with Crippen LogP contribution in [0.15, 0.2) is 40.1 Å². The molecule has 0 aliphatic carbocycles. The van der Waals surface area contributed by atoms with Crippen molar-refractivity contribution in [2.24, 2.45) is 0 Å². The molecular weight excluding hydrogens is 271 g/mol. The zero-order valence-electron chi connectivity index (χ0n) is 9.71. The summed E-state index contributed by atoms with van der Waals surface area (Å²) >= 11 is 7.04. The van der Waals surface area contributed by atoms with Crippen molar-refractivity contribution in [1.82, 2.24) is 0 Å². The number of hydrogen-bond donors (Lipinski definition) is 2. The molecule has 94 valence electrons. The van der Waals surface area contributed by atoms with Gasteiger partial charge in [-0.2, -0.15) is 0 Å². The summed E-state index contributed by atoms with van der Waals surface area (Å²) in [6.45, 7) is 1.95. The number of nitrogen functional groups attached to an aromatic ring is 2. The fraction of sp³-hybridized carbons (Fsp3) is 0.0769. The number of benzene rings is 2. The molecule has 0 aliphatic heterocycles. The molecule has 0 radical (unpaired) electrons. The van der Waals surface area contributed by atoms with Gasteiger partial charge in [0.15, 0.2) is 5.82 Å². The van der Waals surface area contributed by atoms with Crippen LogP contribution in [0.25, 0.3) is 0 Å². The van der Waals surface area contributed by atoms with Crippen LogP contribution in [0.5, 0.6) is 0 Å². The van der Waals surface area contributed by atoms with Crippen molar-refractivity contribution in [1.29, 1.82) is 0 Å². The number of hydrogen-bond acceptors (Lipinski definition) is 3. The first-order valence-corrected chi connectivity index (χ1v) is 6.46. The summed E-state index contributed by atoms with van der Waals surface area (Å²) in [7, 11) is 0. The fourth-order valence-electron chi connectivity index (χ4n) is 1.53. The highest BCUT2D eigenvalue weighted by molar-refractivity contribution is 7.99. The minimum Gasteiger partial charge on any atom is -0.398 e. The third kappa shape index (κ3) is 2.40. The van der Waals surface area contributed by atoms with Crippen LogP contribution in [0.3, 0.4) is 0 Å². The SMILES string of the molecule is Cc1ccccc1Sc1c(N)cc(N)c(Cl)c1F. The van der Waals surface area contributed by atoms with Crippen LogP contribution in [0.4, 0.5) is 15.8 Å². The van der Waals surface area contributed by atoms with Crippen molar-refractivity contribution < 1.29 is 4.39 Å². The fourth-order valence-corrected chi connectivity index (χ4v) is 2.70. The van der Waals surface area contributed by atoms with E-state index in [2.05, 4.69) is 0 Å². The first kappa shape index (κ1) is 13.1. The standard InChI is InChI=1S/C13H12ClFN2S/c1-7-4-2-3-5-10(7)18-13-9(17)6-8(16)11(14)12(13)15/h2-6H,16-17H2,1H3. The quantitative estimate of drug-likeness (QED) is 0.815. The monoisotopic (exact) mass is 282 g/mol. The van der Waals surface area contributed by atoms with E-state index >= 15 is 0 Å². The summed E-state index contributed by atoms with van der Waals surface area (Å²) < 4.78 is 14.0. The largest absolute Gasteiger partial charge is 0.398 e. The predicted molar refractivity (Wildman–Crippen MR) is 75.5 cm³/mol. The smallest absolute Gasteiger partial charge is 0.159 e. The Kier molecular flexibility index (Phi) is 3.68. The molecule has 2 nitrogen and oxygen atoms in total. The van der Waals surface area contributed by atoms with E-state index in [9.17, 15) is 4.39 Å². The maximum absolute atomic E-state index is 14.0. The summed E-state index contributed by atoms with van der Waals surface area (Å²) in [6.07, 6.45) is 0. The van der Waals surface area contributed by atoms with Gasteiger partial charge in [0.05, 0.1) is 16.3 Å². The lowest BCUT2D eigenvalue weighted by molar-refractivity contribution is 0.604. The third-order valence-electron chi connectivity index (χ3n) is 2.52. The van der Waals surface area contributed by atoms with E-state index < -0.39 is 5.82 Å². The van der Waals surface area contributed by atoms with Gasteiger partial charge in [-0.3, -0.25) is 0 Å². The predicted octanol–water partition coefficient (Wildman–Crippen LogP) is 4.10. The lowest BCUT2D eigenvalue weighted by atomic mass is 10.2. The summed E-state index contributed by atoms with van der Waals surface area (Å²) in [5.41, 5.74) is 12.8. The van der Waals surface area contributed by atoms with Crippen molar-refractivity contribution in [3.63, 3.8) is 0 Å². The molecule has 2 rings (SSSR count). The van der Waals surface area contributed by atoms with Gasteiger partial charge in [-0.1, -0.05) is 41.6 Å². The molecule has 0 bridgehead atoms. The molecule has 2 aromatic rings. The molecular formula is C13H12ClFN2S. The van der Waals surface area contributed by atoms with Gasteiger partial charge in [-0.25, -0.2) is 4.39 Å². The van der Waals surface area contributed by atoms with Crippen LogP contribution in [0.1, 0.15) is 5.56 Å². The van der Waals surface area contributed by atoms with Crippen molar-refractivity contribution in [2.75, 3.05) is 11.5 Å². The zero-order valence-corrected chi connectivity index (χ0v) is 11.3. The van der Waals surface area contributed by atoms with Gasteiger partial charge in [0, 0.05) is 4.90 Å². The Morgan fingerprint density at radius 2 is 1.83 bits per heavy atom. The topological polar surface area (TPSA) is 52.0 Å².